The monoisotopic (exact) mass is 318 g/mol. The predicted octanol–water partition coefficient (Wildman–Crippen LogP) is 3.50. The maximum atomic E-state index is 11.5. The van der Waals surface area contributed by atoms with Gasteiger partial charge in [0, 0.05) is 7.11 Å². The second kappa shape index (κ2) is 7.86. The van der Waals surface area contributed by atoms with Crippen LogP contribution in [0.5, 0.6) is 0 Å². The van der Waals surface area contributed by atoms with Crippen LogP contribution in [0.25, 0.3) is 0 Å². The molecule has 126 valence electrons. The van der Waals surface area contributed by atoms with E-state index in [9.17, 15) is 4.79 Å². The van der Waals surface area contributed by atoms with Crippen LogP contribution in [0, 0.1) is 5.41 Å². The number of carbonyl (C=O) groups is 1. The number of rotatable bonds is 7. The number of hydrogen-bond donors (Lipinski definition) is 0. The summed E-state index contributed by atoms with van der Waals surface area (Å²) in [5.41, 5.74) is 1.69. The lowest BCUT2D eigenvalue weighted by atomic mass is 9.76. The van der Waals surface area contributed by atoms with E-state index in [-0.39, 0.29) is 6.10 Å². The van der Waals surface area contributed by atoms with Crippen molar-refractivity contribution in [1.82, 2.24) is 0 Å². The van der Waals surface area contributed by atoms with E-state index in [1.807, 2.05) is 44.2 Å². The molecule has 1 aliphatic heterocycles. The van der Waals surface area contributed by atoms with Crippen LogP contribution in [0.2, 0.25) is 0 Å². The van der Waals surface area contributed by atoms with E-state index in [0.717, 1.165) is 23.8 Å². The summed E-state index contributed by atoms with van der Waals surface area (Å²) in [4.78, 5) is 11.5. The standard InChI is InChI=1S/C19H26O4/c1-5-9-14(2)19(3)17(16(12-20)23-18(19)21-4)22-13-15-10-7-6-8-11-15/h6-12,16-18H,5,13H2,1-4H3/b14-9+/t16-,17+,18+,19+/m1/s1. The molecule has 1 heterocycles. The molecular formula is C19H26O4. The average Bonchev–Trinajstić information content (AvgIpc) is 2.86. The summed E-state index contributed by atoms with van der Waals surface area (Å²) in [6, 6.07) is 9.92. The van der Waals surface area contributed by atoms with E-state index in [1.54, 1.807) is 7.11 Å². The zero-order valence-electron chi connectivity index (χ0n) is 14.3. The molecule has 0 aromatic heterocycles. The van der Waals surface area contributed by atoms with Gasteiger partial charge in [0.25, 0.3) is 0 Å². The van der Waals surface area contributed by atoms with Crippen molar-refractivity contribution in [3.8, 4) is 0 Å². The molecule has 4 atom stereocenters. The van der Waals surface area contributed by atoms with Gasteiger partial charge in [0.15, 0.2) is 12.6 Å². The number of benzene rings is 1. The van der Waals surface area contributed by atoms with Gasteiger partial charge >= 0.3 is 0 Å². The molecule has 4 nitrogen and oxygen atoms in total. The van der Waals surface area contributed by atoms with Crippen LogP contribution in [0.3, 0.4) is 0 Å². The highest BCUT2D eigenvalue weighted by atomic mass is 16.7. The van der Waals surface area contributed by atoms with Crippen molar-refractivity contribution in [2.45, 2.75) is 52.3 Å². The Morgan fingerprint density at radius 3 is 2.61 bits per heavy atom. The highest BCUT2D eigenvalue weighted by Gasteiger charge is 2.55. The molecule has 4 heteroatoms. The number of aldehydes is 1. The fourth-order valence-electron chi connectivity index (χ4n) is 3.20. The molecule has 0 bridgehead atoms. The van der Waals surface area contributed by atoms with E-state index in [1.165, 1.54) is 0 Å². The topological polar surface area (TPSA) is 44.8 Å². The van der Waals surface area contributed by atoms with Crippen molar-refractivity contribution in [2.75, 3.05) is 7.11 Å². The molecule has 0 aliphatic carbocycles. The zero-order valence-corrected chi connectivity index (χ0v) is 14.3. The second-order valence-electron chi connectivity index (χ2n) is 6.10. The summed E-state index contributed by atoms with van der Waals surface area (Å²) >= 11 is 0. The summed E-state index contributed by atoms with van der Waals surface area (Å²) in [5.74, 6) is 0. The Morgan fingerprint density at radius 2 is 2.04 bits per heavy atom. The molecule has 0 N–H and O–H groups in total. The first-order chi connectivity index (χ1) is 11.1. The lowest BCUT2D eigenvalue weighted by molar-refractivity contribution is -0.151. The molecule has 2 rings (SSSR count). The molecule has 0 amide bonds. The Hall–Kier alpha value is -1.49. The van der Waals surface area contributed by atoms with Crippen molar-refractivity contribution in [1.29, 1.82) is 0 Å². The van der Waals surface area contributed by atoms with Crippen molar-refractivity contribution in [3.63, 3.8) is 0 Å². The largest absolute Gasteiger partial charge is 0.369 e. The van der Waals surface area contributed by atoms with Gasteiger partial charge in [0.2, 0.25) is 0 Å². The average molecular weight is 318 g/mol. The fraction of sp³-hybridized carbons (Fsp3) is 0.526. The summed E-state index contributed by atoms with van der Waals surface area (Å²) < 4.78 is 17.4. The molecule has 1 aromatic rings. The molecule has 0 saturated carbocycles. The van der Waals surface area contributed by atoms with Gasteiger partial charge in [-0.1, -0.05) is 48.9 Å². The normalized spacial score (nSPS) is 31.3. The quantitative estimate of drug-likeness (QED) is 0.570. The van der Waals surface area contributed by atoms with Crippen LogP contribution >= 0.6 is 0 Å². The van der Waals surface area contributed by atoms with Crippen molar-refractivity contribution < 1.29 is 19.0 Å². The lowest BCUT2D eigenvalue weighted by Gasteiger charge is -2.35. The first kappa shape index (κ1) is 17.9. The lowest BCUT2D eigenvalue weighted by Crippen LogP contribution is -2.42. The molecule has 1 saturated heterocycles. The minimum absolute atomic E-state index is 0.382. The highest BCUT2D eigenvalue weighted by Crippen LogP contribution is 2.46. The maximum Gasteiger partial charge on any atom is 0.169 e. The van der Waals surface area contributed by atoms with Crippen LogP contribution in [0.15, 0.2) is 42.0 Å². The van der Waals surface area contributed by atoms with Crippen LogP contribution in [-0.2, 0) is 25.6 Å². The molecule has 0 unspecified atom stereocenters. The van der Waals surface area contributed by atoms with Gasteiger partial charge in [0.1, 0.15) is 12.2 Å². The van der Waals surface area contributed by atoms with Gasteiger partial charge < -0.3 is 19.0 Å². The number of carbonyl (C=O) groups excluding carboxylic acids is 1. The number of methoxy groups -OCH3 is 1. The first-order valence-corrected chi connectivity index (χ1v) is 8.04. The van der Waals surface area contributed by atoms with Crippen molar-refractivity contribution in [2.24, 2.45) is 5.41 Å². The molecule has 1 aliphatic rings. The number of allylic oxidation sites excluding steroid dienone is 1. The van der Waals surface area contributed by atoms with Gasteiger partial charge in [-0.15, -0.1) is 0 Å². The van der Waals surface area contributed by atoms with Gasteiger partial charge in [-0.2, -0.15) is 0 Å². The van der Waals surface area contributed by atoms with E-state index in [2.05, 4.69) is 13.0 Å². The third kappa shape index (κ3) is 3.55. The SMILES string of the molecule is CC/C=C(\C)[C@]1(C)[C@@H](OC)O[C@H](C=O)[C@@H]1OCc1ccccc1. The Morgan fingerprint density at radius 1 is 1.35 bits per heavy atom. The predicted molar refractivity (Wildman–Crippen MR) is 88.9 cm³/mol. The van der Waals surface area contributed by atoms with Crippen molar-refractivity contribution >= 4 is 6.29 Å². The molecule has 0 radical (unpaired) electrons. The maximum absolute atomic E-state index is 11.5. The van der Waals surface area contributed by atoms with Gasteiger partial charge in [-0.3, -0.25) is 0 Å². The van der Waals surface area contributed by atoms with E-state index in [4.69, 9.17) is 14.2 Å². The molecule has 23 heavy (non-hydrogen) atoms. The summed E-state index contributed by atoms with van der Waals surface area (Å²) in [5, 5.41) is 0. The molecule has 1 aromatic carbocycles. The van der Waals surface area contributed by atoms with Crippen molar-refractivity contribution in [3.05, 3.63) is 47.5 Å². The third-order valence-corrected chi connectivity index (χ3v) is 4.64. The first-order valence-electron chi connectivity index (χ1n) is 8.04. The number of hydrogen-bond acceptors (Lipinski definition) is 4. The minimum atomic E-state index is -0.631. The van der Waals surface area contributed by atoms with E-state index >= 15 is 0 Å². The van der Waals surface area contributed by atoms with Gasteiger partial charge in [-0.25, -0.2) is 0 Å². The zero-order chi connectivity index (χ0) is 16.9. The Kier molecular flexibility index (Phi) is 6.10. The van der Waals surface area contributed by atoms with Crippen LogP contribution in [0.4, 0.5) is 0 Å². The fourth-order valence-corrected chi connectivity index (χ4v) is 3.20. The third-order valence-electron chi connectivity index (χ3n) is 4.64. The van der Waals surface area contributed by atoms with Crippen LogP contribution in [0.1, 0.15) is 32.8 Å². The van der Waals surface area contributed by atoms with Gasteiger partial charge in [0.05, 0.1) is 12.0 Å². The Balaban J connectivity index is 2.26. The summed E-state index contributed by atoms with van der Waals surface area (Å²) in [7, 11) is 1.60. The smallest absolute Gasteiger partial charge is 0.169 e. The minimum Gasteiger partial charge on any atom is -0.369 e. The highest BCUT2D eigenvalue weighted by molar-refractivity contribution is 5.59. The van der Waals surface area contributed by atoms with Gasteiger partial charge in [-0.05, 0) is 25.8 Å². The molecule has 0 spiro atoms. The van der Waals surface area contributed by atoms with E-state index in [0.29, 0.717) is 6.61 Å². The Bertz CT molecular complexity index is 540. The van der Waals surface area contributed by atoms with Crippen LogP contribution in [-0.4, -0.2) is 31.9 Å². The second-order valence-corrected chi connectivity index (χ2v) is 6.10. The molecular weight excluding hydrogens is 292 g/mol. The van der Waals surface area contributed by atoms with E-state index < -0.39 is 17.8 Å². The summed E-state index contributed by atoms with van der Waals surface area (Å²) in [6.07, 6.45) is 2.35. The van der Waals surface area contributed by atoms with Crippen LogP contribution < -0.4 is 0 Å². The Labute approximate surface area is 138 Å². The summed E-state index contributed by atoms with van der Waals surface area (Å²) in [6.45, 7) is 6.61. The molecule has 1 fully saturated rings. The number of ether oxygens (including phenoxy) is 3.